The molecular formula is C2H8Na2O5S. The summed E-state index contributed by atoms with van der Waals surface area (Å²) in [6.45, 7) is 1.93. The third-order valence-electron chi connectivity index (χ3n) is 0. The van der Waals surface area contributed by atoms with E-state index in [1.807, 2.05) is 0 Å². The number of hydrogen-bond acceptors (Lipinski definition) is 4. The zero-order valence-corrected chi connectivity index (χ0v) is 11.1. The molecule has 5 nitrogen and oxygen atoms in total. The van der Waals surface area contributed by atoms with Crippen molar-refractivity contribution in [1.29, 1.82) is 0 Å². The van der Waals surface area contributed by atoms with Gasteiger partial charge in [-0.3, -0.25) is 4.21 Å². The third kappa shape index (κ3) is 204. The summed E-state index contributed by atoms with van der Waals surface area (Å²) >= 11 is -3.11. The monoisotopic (exact) mass is 190 g/mol. The second-order valence-corrected chi connectivity index (χ2v) is 0.929. The largest absolute Gasteiger partial charge is 1.00 e. The normalized spacial score (nSPS) is 5.30. The van der Waals surface area contributed by atoms with Gasteiger partial charge in [-0.1, -0.05) is 0 Å². The first-order valence-corrected chi connectivity index (χ1v) is 2.52. The van der Waals surface area contributed by atoms with Crippen molar-refractivity contribution < 1.29 is 83.0 Å². The summed E-state index contributed by atoms with van der Waals surface area (Å²) in [6, 6.07) is 0. The van der Waals surface area contributed by atoms with Gasteiger partial charge in [0.2, 0.25) is 0 Å². The molecule has 0 heterocycles. The smallest absolute Gasteiger partial charge is 0.784 e. The van der Waals surface area contributed by atoms with Crippen LogP contribution in [0.3, 0.4) is 0 Å². The number of aliphatic hydroxyl groups is 1. The maximum atomic E-state index is 8.44. The van der Waals surface area contributed by atoms with Gasteiger partial charge in [-0.15, -0.1) is 11.4 Å². The predicted molar refractivity (Wildman–Crippen MR) is 26.1 cm³/mol. The first-order chi connectivity index (χ1) is 3.15. The topological polar surface area (TPSA) is 115 Å². The molecule has 8 heteroatoms. The predicted octanol–water partition coefficient (Wildman–Crippen LogP) is -7.82. The van der Waals surface area contributed by atoms with E-state index < -0.39 is 11.4 Å². The minimum atomic E-state index is -3.11. The summed E-state index contributed by atoms with van der Waals surface area (Å²) in [4.78, 5) is 0. The van der Waals surface area contributed by atoms with Crippen molar-refractivity contribution in [2.45, 2.75) is 6.92 Å². The fraction of sp³-hybridized carbons (Fsp3) is 1.00. The number of aliphatic hydroxyl groups excluding tert-OH is 1. The molecule has 0 aliphatic rings. The molecule has 0 aromatic rings. The second-order valence-electron chi connectivity index (χ2n) is 0.520. The average molecular weight is 190 g/mol. The van der Waals surface area contributed by atoms with Gasteiger partial charge in [0.25, 0.3) is 0 Å². The summed E-state index contributed by atoms with van der Waals surface area (Å²) < 4.78 is 25.3. The van der Waals surface area contributed by atoms with Crippen LogP contribution in [0.4, 0.5) is 0 Å². The Morgan fingerprint density at radius 1 is 1.40 bits per heavy atom. The van der Waals surface area contributed by atoms with E-state index >= 15 is 0 Å². The van der Waals surface area contributed by atoms with E-state index in [9.17, 15) is 0 Å². The van der Waals surface area contributed by atoms with E-state index in [1.165, 1.54) is 0 Å². The van der Waals surface area contributed by atoms with Gasteiger partial charge in [-0.05, 0) is 6.92 Å². The van der Waals surface area contributed by atoms with Crippen LogP contribution < -0.4 is 59.1 Å². The van der Waals surface area contributed by atoms with Gasteiger partial charge < -0.3 is 19.7 Å². The molecule has 54 valence electrons. The molecule has 0 bridgehead atoms. The molecule has 0 rings (SSSR count). The Bertz CT molecular complexity index is 48.9. The van der Waals surface area contributed by atoms with Crippen molar-refractivity contribution >= 4 is 11.4 Å². The van der Waals surface area contributed by atoms with Crippen LogP contribution in [0.5, 0.6) is 0 Å². The maximum absolute atomic E-state index is 8.44. The van der Waals surface area contributed by atoms with Gasteiger partial charge in [0.05, 0.1) is 0 Å². The fourth-order valence-corrected chi connectivity index (χ4v) is 0. The molecule has 0 unspecified atom stereocenters. The van der Waals surface area contributed by atoms with Gasteiger partial charge in [-0.25, -0.2) is 0 Å². The van der Waals surface area contributed by atoms with Gasteiger partial charge in [0, 0.05) is 6.61 Å². The fourth-order valence-electron chi connectivity index (χ4n) is 0. The second kappa shape index (κ2) is 30.6. The van der Waals surface area contributed by atoms with Crippen molar-refractivity contribution in [3.05, 3.63) is 0 Å². The van der Waals surface area contributed by atoms with Crippen LogP contribution in [0.15, 0.2) is 0 Å². The zero-order valence-electron chi connectivity index (χ0n) is 6.29. The molecule has 3 N–H and O–H groups in total. The van der Waals surface area contributed by atoms with Crippen LogP contribution in [-0.4, -0.2) is 30.5 Å². The summed E-state index contributed by atoms with van der Waals surface area (Å²) in [6.07, 6.45) is 0. The molecule has 0 atom stereocenters. The minimum Gasteiger partial charge on any atom is -0.784 e. The molecule has 0 aromatic heterocycles. The van der Waals surface area contributed by atoms with Crippen LogP contribution in [0.2, 0.25) is 0 Å². The molecule has 0 fully saturated rings. The van der Waals surface area contributed by atoms with E-state index in [0.717, 1.165) is 0 Å². The Hall–Kier alpha value is 1.99. The van der Waals surface area contributed by atoms with Crippen molar-refractivity contribution in [3.63, 3.8) is 0 Å². The molecule has 0 aliphatic carbocycles. The van der Waals surface area contributed by atoms with Crippen LogP contribution in [0.1, 0.15) is 6.92 Å². The molecule has 0 saturated carbocycles. The van der Waals surface area contributed by atoms with Gasteiger partial charge >= 0.3 is 59.1 Å². The van der Waals surface area contributed by atoms with E-state index in [0.29, 0.717) is 0 Å². The third-order valence-corrected chi connectivity index (χ3v) is 0. The first kappa shape index (κ1) is 29.6. The van der Waals surface area contributed by atoms with E-state index in [-0.39, 0.29) is 71.2 Å². The van der Waals surface area contributed by atoms with Crippen LogP contribution in [0.25, 0.3) is 0 Å². The molecule has 0 saturated heterocycles. The molecule has 10 heavy (non-hydrogen) atoms. The standard InChI is InChI=1S/C2H6O.2Na.H2O3S.H2O/c1-2-3;;;1-4(2)3;/h3H,2H2,1H3;;;(H2,1,2,3);1H2/q;2*+1;;/p-2. The SMILES string of the molecule is CCO.O.O=S([O-])[O-].[Na+].[Na+]. The molecule has 0 aromatic carbocycles. The van der Waals surface area contributed by atoms with E-state index in [1.54, 1.807) is 6.92 Å². The quantitative estimate of drug-likeness (QED) is 0.301. The Morgan fingerprint density at radius 2 is 1.40 bits per heavy atom. The number of rotatable bonds is 0. The van der Waals surface area contributed by atoms with Crippen LogP contribution in [-0.2, 0) is 11.4 Å². The van der Waals surface area contributed by atoms with Crippen LogP contribution >= 0.6 is 0 Å². The van der Waals surface area contributed by atoms with Crippen LogP contribution in [0, 0.1) is 0 Å². The van der Waals surface area contributed by atoms with E-state index in [4.69, 9.17) is 18.4 Å². The van der Waals surface area contributed by atoms with Crippen molar-refractivity contribution in [3.8, 4) is 0 Å². The first-order valence-electron chi connectivity index (χ1n) is 1.52. The van der Waals surface area contributed by atoms with Crippen molar-refractivity contribution in [1.82, 2.24) is 0 Å². The number of hydrogen-bond donors (Lipinski definition) is 1. The minimum absolute atomic E-state index is 0. The van der Waals surface area contributed by atoms with Gasteiger partial charge in [0.15, 0.2) is 0 Å². The summed E-state index contributed by atoms with van der Waals surface area (Å²) in [7, 11) is 0. The Morgan fingerprint density at radius 3 is 1.40 bits per heavy atom. The summed E-state index contributed by atoms with van der Waals surface area (Å²) in [5, 5.41) is 7.57. The molecule has 0 amide bonds. The Kier molecular flexibility index (Phi) is 90.6. The summed E-state index contributed by atoms with van der Waals surface area (Å²) in [5.41, 5.74) is 0. The Balaban J connectivity index is -0.0000000131. The maximum Gasteiger partial charge on any atom is 1.00 e. The average Bonchev–Trinajstić information content (AvgIpc) is 1.33. The molecule has 0 spiro atoms. The summed E-state index contributed by atoms with van der Waals surface area (Å²) in [5.74, 6) is 0. The molecule has 0 radical (unpaired) electrons. The molecule has 0 aliphatic heterocycles. The zero-order chi connectivity index (χ0) is 6.28. The molecular weight excluding hydrogens is 182 g/mol. The van der Waals surface area contributed by atoms with Crippen molar-refractivity contribution in [2.75, 3.05) is 6.61 Å². The van der Waals surface area contributed by atoms with Gasteiger partial charge in [0.1, 0.15) is 0 Å². The van der Waals surface area contributed by atoms with Gasteiger partial charge in [-0.2, -0.15) is 0 Å². The van der Waals surface area contributed by atoms with Crippen molar-refractivity contribution in [2.24, 2.45) is 0 Å². The van der Waals surface area contributed by atoms with E-state index in [2.05, 4.69) is 0 Å². The Labute approximate surface area is 107 Å².